The molecule has 0 aromatic carbocycles. The quantitative estimate of drug-likeness (QED) is 0.894. The van der Waals surface area contributed by atoms with Crippen LogP contribution in [-0.2, 0) is 4.79 Å². The van der Waals surface area contributed by atoms with Crippen molar-refractivity contribution in [1.82, 2.24) is 9.80 Å². The highest BCUT2D eigenvalue weighted by molar-refractivity contribution is 7.10. The van der Waals surface area contributed by atoms with Crippen molar-refractivity contribution < 1.29 is 4.79 Å². The van der Waals surface area contributed by atoms with Gasteiger partial charge in [-0.2, -0.15) is 0 Å². The fourth-order valence-electron chi connectivity index (χ4n) is 2.44. The Balaban J connectivity index is 1.92. The van der Waals surface area contributed by atoms with E-state index < -0.39 is 6.04 Å². The van der Waals surface area contributed by atoms with E-state index in [0.29, 0.717) is 6.04 Å². The minimum absolute atomic E-state index is 0.0118. The van der Waals surface area contributed by atoms with Gasteiger partial charge in [0, 0.05) is 24.5 Å². The Morgan fingerprint density at radius 2 is 2.50 bits per heavy atom. The number of hydrogen-bond acceptors (Lipinski definition) is 4. The minimum atomic E-state index is -0.512. The van der Waals surface area contributed by atoms with Crippen LogP contribution >= 0.6 is 11.3 Å². The summed E-state index contributed by atoms with van der Waals surface area (Å²) < 4.78 is 0. The number of thiophene rings is 1. The van der Waals surface area contributed by atoms with Crippen molar-refractivity contribution in [1.29, 1.82) is 0 Å². The van der Waals surface area contributed by atoms with Crippen LogP contribution in [0.25, 0.3) is 0 Å². The van der Waals surface area contributed by atoms with Crippen LogP contribution in [0.1, 0.15) is 23.8 Å². The number of carbonyl (C=O) groups is 1. The summed E-state index contributed by atoms with van der Waals surface area (Å²) in [6.07, 6.45) is 2.39. The molecule has 0 radical (unpaired) electrons. The highest BCUT2D eigenvalue weighted by Gasteiger charge is 2.26. The lowest BCUT2D eigenvalue weighted by atomic mass is 10.2. The summed E-state index contributed by atoms with van der Waals surface area (Å²) in [6.45, 7) is 1.90. The zero-order chi connectivity index (χ0) is 13.1. The normalized spacial score (nSPS) is 22.1. The Hall–Kier alpha value is -0.910. The Morgan fingerprint density at radius 3 is 3.06 bits per heavy atom. The molecular weight excluding hydrogens is 246 g/mol. The van der Waals surface area contributed by atoms with Crippen LogP contribution in [0, 0.1) is 0 Å². The van der Waals surface area contributed by atoms with Crippen LogP contribution in [0.4, 0.5) is 0 Å². The van der Waals surface area contributed by atoms with Crippen molar-refractivity contribution in [2.45, 2.75) is 24.9 Å². The van der Waals surface area contributed by atoms with E-state index in [4.69, 9.17) is 5.73 Å². The van der Waals surface area contributed by atoms with Crippen molar-refractivity contribution in [3.05, 3.63) is 22.4 Å². The van der Waals surface area contributed by atoms with Crippen molar-refractivity contribution >= 4 is 17.2 Å². The van der Waals surface area contributed by atoms with Gasteiger partial charge in [0.2, 0.25) is 5.91 Å². The third-order valence-electron chi connectivity index (χ3n) is 3.65. The van der Waals surface area contributed by atoms with Gasteiger partial charge in [-0.3, -0.25) is 4.79 Å². The van der Waals surface area contributed by atoms with Crippen molar-refractivity contribution in [2.75, 3.05) is 27.2 Å². The molecule has 18 heavy (non-hydrogen) atoms. The molecule has 4 nitrogen and oxygen atoms in total. The second-order valence-electron chi connectivity index (χ2n) is 4.99. The fourth-order valence-corrected chi connectivity index (χ4v) is 3.16. The first-order valence-electron chi connectivity index (χ1n) is 6.34. The predicted molar refractivity (Wildman–Crippen MR) is 74.5 cm³/mol. The summed E-state index contributed by atoms with van der Waals surface area (Å²) in [5.74, 6) is 0.0118. The van der Waals surface area contributed by atoms with Gasteiger partial charge in [0.05, 0.1) is 0 Å². The van der Waals surface area contributed by atoms with Crippen LogP contribution in [0.2, 0.25) is 0 Å². The molecular formula is C13H21N3OS. The number of amides is 1. The molecule has 1 fully saturated rings. The van der Waals surface area contributed by atoms with E-state index in [1.165, 1.54) is 24.2 Å². The lowest BCUT2D eigenvalue weighted by molar-refractivity contribution is -0.131. The molecule has 1 saturated heterocycles. The predicted octanol–water partition coefficient (Wildman–Crippen LogP) is 1.30. The molecule has 0 bridgehead atoms. The molecule has 1 aromatic rings. The summed E-state index contributed by atoms with van der Waals surface area (Å²) in [5.41, 5.74) is 6.00. The first kappa shape index (κ1) is 13.5. The van der Waals surface area contributed by atoms with Crippen LogP contribution < -0.4 is 5.73 Å². The number of carbonyl (C=O) groups excluding carboxylic acids is 1. The zero-order valence-corrected chi connectivity index (χ0v) is 11.8. The Kier molecular flexibility index (Phi) is 4.37. The highest BCUT2D eigenvalue weighted by Crippen LogP contribution is 2.20. The number of hydrogen-bond donors (Lipinski definition) is 1. The molecule has 1 aliphatic rings. The maximum Gasteiger partial charge on any atom is 0.244 e. The van der Waals surface area contributed by atoms with Crippen LogP contribution in [0.3, 0.4) is 0 Å². The summed E-state index contributed by atoms with van der Waals surface area (Å²) in [7, 11) is 3.97. The first-order chi connectivity index (χ1) is 8.59. The molecule has 1 aliphatic heterocycles. The number of nitrogens with two attached hydrogens (primary N) is 1. The Morgan fingerprint density at radius 1 is 1.72 bits per heavy atom. The fraction of sp³-hybridized carbons (Fsp3) is 0.615. The smallest absolute Gasteiger partial charge is 0.244 e. The van der Waals surface area contributed by atoms with Gasteiger partial charge in [0.15, 0.2) is 0 Å². The van der Waals surface area contributed by atoms with Gasteiger partial charge in [0.25, 0.3) is 0 Å². The van der Waals surface area contributed by atoms with Gasteiger partial charge in [-0.05, 0) is 37.9 Å². The van der Waals surface area contributed by atoms with Crippen molar-refractivity contribution in [2.24, 2.45) is 5.73 Å². The van der Waals surface area contributed by atoms with Crippen molar-refractivity contribution in [3.8, 4) is 0 Å². The Bertz CT molecular complexity index is 393. The molecule has 5 heteroatoms. The summed E-state index contributed by atoms with van der Waals surface area (Å²) >= 11 is 1.54. The molecule has 100 valence electrons. The third-order valence-corrected chi connectivity index (χ3v) is 4.60. The first-order valence-corrected chi connectivity index (χ1v) is 7.21. The van der Waals surface area contributed by atoms with Gasteiger partial charge in [0.1, 0.15) is 6.04 Å². The number of nitrogens with zero attached hydrogens (tertiary/aromatic N) is 2. The van der Waals surface area contributed by atoms with Crippen LogP contribution in [0.15, 0.2) is 17.5 Å². The molecule has 2 unspecified atom stereocenters. The minimum Gasteiger partial charge on any atom is -0.343 e. The van der Waals surface area contributed by atoms with E-state index in [2.05, 4.69) is 11.9 Å². The maximum absolute atomic E-state index is 12.2. The van der Waals surface area contributed by atoms with Gasteiger partial charge in [-0.15, -0.1) is 11.3 Å². The molecule has 2 heterocycles. The Labute approximate surface area is 112 Å². The third kappa shape index (κ3) is 2.91. The summed E-state index contributed by atoms with van der Waals surface area (Å²) in [4.78, 5) is 17.3. The number of likely N-dealkylation sites (tertiary alicyclic amines) is 1. The van der Waals surface area contributed by atoms with Crippen LogP contribution in [0.5, 0.6) is 0 Å². The van der Waals surface area contributed by atoms with Crippen LogP contribution in [-0.4, -0.2) is 48.9 Å². The van der Waals surface area contributed by atoms with Crippen molar-refractivity contribution in [3.63, 3.8) is 0 Å². The largest absolute Gasteiger partial charge is 0.343 e. The molecule has 0 aliphatic carbocycles. The van der Waals surface area contributed by atoms with Gasteiger partial charge >= 0.3 is 0 Å². The second-order valence-corrected chi connectivity index (χ2v) is 5.97. The molecule has 1 aromatic heterocycles. The molecule has 2 atom stereocenters. The molecule has 0 spiro atoms. The summed E-state index contributed by atoms with van der Waals surface area (Å²) in [5, 5.41) is 1.95. The average Bonchev–Trinajstić information content (AvgIpc) is 3.00. The van der Waals surface area contributed by atoms with E-state index in [0.717, 1.165) is 18.0 Å². The van der Waals surface area contributed by atoms with E-state index in [1.807, 2.05) is 24.6 Å². The topological polar surface area (TPSA) is 49.6 Å². The van der Waals surface area contributed by atoms with E-state index in [-0.39, 0.29) is 5.91 Å². The maximum atomic E-state index is 12.2. The van der Waals surface area contributed by atoms with E-state index in [9.17, 15) is 4.79 Å². The SMILES string of the molecule is CN(CC1CCCN1C)C(=O)C(N)c1cccs1. The standard InChI is InChI=1S/C13H21N3OS/c1-15-7-3-5-10(15)9-16(2)13(17)12(14)11-6-4-8-18-11/h4,6,8,10,12H,3,5,7,9,14H2,1-2H3. The highest BCUT2D eigenvalue weighted by atomic mass is 32.1. The van der Waals surface area contributed by atoms with Gasteiger partial charge in [-0.1, -0.05) is 6.07 Å². The lowest BCUT2D eigenvalue weighted by Gasteiger charge is -2.27. The molecule has 2 rings (SSSR count). The van der Waals surface area contributed by atoms with Gasteiger partial charge in [-0.25, -0.2) is 0 Å². The summed E-state index contributed by atoms with van der Waals surface area (Å²) in [6, 6.07) is 3.82. The number of rotatable bonds is 4. The monoisotopic (exact) mass is 267 g/mol. The lowest BCUT2D eigenvalue weighted by Crippen LogP contribution is -2.43. The van der Waals surface area contributed by atoms with Gasteiger partial charge < -0.3 is 15.5 Å². The average molecular weight is 267 g/mol. The van der Waals surface area contributed by atoms with E-state index in [1.54, 1.807) is 4.90 Å². The zero-order valence-electron chi connectivity index (χ0n) is 11.0. The molecule has 0 saturated carbocycles. The number of likely N-dealkylation sites (N-methyl/N-ethyl adjacent to an activating group) is 2. The molecule has 2 N–H and O–H groups in total. The molecule has 1 amide bonds. The van der Waals surface area contributed by atoms with E-state index >= 15 is 0 Å². The second kappa shape index (κ2) is 5.82.